The quantitative estimate of drug-likeness (QED) is 0.0221. The minimum atomic E-state index is -1.28. The SMILES string of the molecule is CCN(CCCC(=O)NCCCCC(C(=O)OCOC(C)=O)N(CC(=O)OCOC(C)=O)CC(=O)OCOC(C)=O)c1cc(OC)c(-c2c3ccc(=[N+](C)C)cc-3oc3cc(N(C)C)ccc23)cc1N(C)C. The molecule has 2 aromatic carbocycles. The van der Waals surface area contributed by atoms with Crippen molar-refractivity contribution in [3.05, 3.63) is 53.9 Å². The minimum absolute atomic E-state index is 0.00592. The van der Waals surface area contributed by atoms with Crippen molar-refractivity contribution in [2.45, 2.75) is 65.8 Å². The maximum Gasteiger partial charge on any atom is 0.326 e. The first-order valence-electron chi connectivity index (χ1n) is 23.5. The van der Waals surface area contributed by atoms with Gasteiger partial charge >= 0.3 is 35.8 Å². The number of unbranched alkanes of at least 4 members (excludes halogenated alkanes) is 1. The Bertz CT molecular complexity index is 2550. The number of hydrogen-bond donors (Lipinski definition) is 1. The fourth-order valence-corrected chi connectivity index (χ4v) is 7.68. The minimum Gasteiger partial charge on any atom is -0.496 e. The number of benzene rings is 3. The molecule has 0 fully saturated rings. The standard InChI is InChI=1S/C51H68N6O15/c1-12-56(43-27-44(65-11)40(26-42(43)55(9)10)50-38-20-18-36(53(5)6)24-45(38)72-46-25-37(54(7)8)19-21-39(46)50)23-15-17-47(61)52-22-14-13-16-41(51(64)71-32-68-35(4)60)57(28-48(62)69-30-66-33(2)58)29-49(63)70-31-67-34(3)59/h18-21,24-27,41H,12-17,22-23,28-32H2,1-11H3/p+1. The van der Waals surface area contributed by atoms with E-state index < -0.39 is 75.3 Å². The highest BCUT2D eigenvalue weighted by atomic mass is 16.7. The van der Waals surface area contributed by atoms with E-state index in [1.165, 1.54) is 0 Å². The Hall–Kier alpha value is -7.42. The van der Waals surface area contributed by atoms with E-state index in [9.17, 15) is 33.6 Å². The molecule has 0 bridgehead atoms. The Morgan fingerprint density at radius 3 is 1.88 bits per heavy atom. The number of anilines is 3. The smallest absolute Gasteiger partial charge is 0.326 e. The van der Waals surface area contributed by atoms with E-state index in [0.29, 0.717) is 38.1 Å². The van der Waals surface area contributed by atoms with Crippen molar-refractivity contribution in [3.63, 3.8) is 0 Å². The lowest BCUT2D eigenvalue weighted by atomic mass is 9.92. The predicted molar refractivity (Wildman–Crippen MR) is 268 cm³/mol. The molecule has 1 atom stereocenters. The molecule has 2 aliphatic rings. The van der Waals surface area contributed by atoms with Crippen molar-refractivity contribution in [1.29, 1.82) is 0 Å². The molecule has 1 aliphatic carbocycles. The van der Waals surface area contributed by atoms with Gasteiger partial charge in [0.2, 0.25) is 31.6 Å². The number of carbonyl (C=O) groups excluding carboxylic acids is 7. The Labute approximate surface area is 419 Å². The van der Waals surface area contributed by atoms with Crippen LogP contribution in [0.5, 0.6) is 5.75 Å². The van der Waals surface area contributed by atoms with Crippen LogP contribution in [0.3, 0.4) is 0 Å². The second-order valence-electron chi connectivity index (χ2n) is 17.3. The molecule has 0 saturated heterocycles. The fraction of sp³-hybridized carbons (Fsp3) is 0.490. The number of carbonyl (C=O) groups is 7. The molecule has 1 aliphatic heterocycles. The lowest BCUT2D eigenvalue weighted by Gasteiger charge is -2.30. The van der Waals surface area contributed by atoms with Gasteiger partial charge in [0, 0.05) is 121 Å². The molecule has 392 valence electrons. The zero-order chi connectivity index (χ0) is 53.1. The third-order valence-corrected chi connectivity index (χ3v) is 11.4. The highest BCUT2D eigenvalue weighted by Gasteiger charge is 2.32. The van der Waals surface area contributed by atoms with Gasteiger partial charge in [0.05, 0.1) is 37.6 Å². The van der Waals surface area contributed by atoms with E-state index in [1.807, 2.05) is 63.9 Å². The Morgan fingerprint density at radius 2 is 1.32 bits per heavy atom. The molecule has 72 heavy (non-hydrogen) atoms. The van der Waals surface area contributed by atoms with Gasteiger partial charge in [-0.3, -0.25) is 38.5 Å². The number of nitrogens with zero attached hydrogens (tertiary/aromatic N) is 5. The highest BCUT2D eigenvalue weighted by Crippen LogP contribution is 2.47. The summed E-state index contributed by atoms with van der Waals surface area (Å²) in [6, 6.07) is 15.3. The van der Waals surface area contributed by atoms with Crippen LogP contribution in [-0.2, 0) is 62.0 Å². The molecular formula is C51H69N6O15+. The maximum atomic E-state index is 13.3. The van der Waals surface area contributed by atoms with Crippen LogP contribution in [0, 0.1) is 0 Å². The third-order valence-electron chi connectivity index (χ3n) is 11.4. The van der Waals surface area contributed by atoms with Gasteiger partial charge in [-0.15, -0.1) is 0 Å². The molecule has 1 heterocycles. The number of rotatable bonds is 27. The van der Waals surface area contributed by atoms with Crippen molar-refractivity contribution < 1.29 is 71.1 Å². The summed E-state index contributed by atoms with van der Waals surface area (Å²) in [5.74, 6) is -3.77. The molecule has 21 nitrogen and oxygen atoms in total. The van der Waals surface area contributed by atoms with E-state index in [4.69, 9.17) is 28.1 Å². The average Bonchev–Trinajstić information content (AvgIpc) is 3.31. The molecule has 1 unspecified atom stereocenters. The van der Waals surface area contributed by atoms with Gasteiger partial charge in [0.1, 0.15) is 37.2 Å². The zero-order valence-electron chi connectivity index (χ0n) is 43.2. The van der Waals surface area contributed by atoms with Gasteiger partial charge in [-0.2, -0.15) is 0 Å². The molecule has 4 rings (SSSR count). The van der Waals surface area contributed by atoms with Crippen LogP contribution in [0.25, 0.3) is 33.4 Å². The topological polar surface area (TPSA) is 225 Å². The molecule has 1 N–H and O–H groups in total. The van der Waals surface area contributed by atoms with Gasteiger partial charge in [0.15, 0.2) is 0 Å². The lowest BCUT2D eigenvalue weighted by molar-refractivity contribution is -0.172. The van der Waals surface area contributed by atoms with Gasteiger partial charge in [-0.25, -0.2) is 4.58 Å². The number of ether oxygens (including phenoxy) is 7. The van der Waals surface area contributed by atoms with Crippen molar-refractivity contribution >= 4 is 69.8 Å². The summed E-state index contributed by atoms with van der Waals surface area (Å²) in [5.41, 5.74) is 6.46. The zero-order valence-corrected chi connectivity index (χ0v) is 43.2. The molecule has 2 aromatic rings. The van der Waals surface area contributed by atoms with Crippen molar-refractivity contribution in [2.24, 2.45) is 0 Å². The first-order valence-corrected chi connectivity index (χ1v) is 23.5. The number of fused-ring (bicyclic) bond motifs is 2. The summed E-state index contributed by atoms with van der Waals surface area (Å²) in [4.78, 5) is 93.2. The van der Waals surface area contributed by atoms with Crippen LogP contribution in [-0.4, -0.2) is 155 Å². The van der Waals surface area contributed by atoms with E-state index in [0.717, 1.165) is 81.5 Å². The van der Waals surface area contributed by atoms with Gasteiger partial charge < -0.3 is 57.6 Å². The Kier molecular flexibility index (Phi) is 22.1. The van der Waals surface area contributed by atoms with E-state index >= 15 is 0 Å². The summed E-state index contributed by atoms with van der Waals surface area (Å²) in [7, 11) is 13.6. The van der Waals surface area contributed by atoms with E-state index in [-0.39, 0.29) is 25.3 Å². The first-order chi connectivity index (χ1) is 34.2. The Morgan fingerprint density at radius 1 is 0.694 bits per heavy atom. The number of methoxy groups -OCH3 is 1. The van der Waals surface area contributed by atoms with Crippen molar-refractivity contribution in [1.82, 2.24) is 14.8 Å². The molecule has 0 spiro atoms. The summed E-state index contributed by atoms with van der Waals surface area (Å²) in [5, 5.41) is 4.87. The van der Waals surface area contributed by atoms with Crippen molar-refractivity contribution in [2.75, 3.05) is 117 Å². The van der Waals surface area contributed by atoms with Crippen molar-refractivity contribution in [3.8, 4) is 28.2 Å². The number of nitrogens with one attached hydrogen (secondary N) is 1. The van der Waals surface area contributed by atoms with Gasteiger partial charge in [-0.1, -0.05) is 0 Å². The number of hydrogen-bond acceptors (Lipinski definition) is 19. The second-order valence-corrected chi connectivity index (χ2v) is 17.3. The summed E-state index contributed by atoms with van der Waals surface area (Å²) in [6.45, 7) is 3.37. The molecule has 0 radical (unpaired) electrons. The maximum absolute atomic E-state index is 13.3. The predicted octanol–water partition coefficient (Wildman–Crippen LogP) is 4.13. The number of amides is 1. The lowest BCUT2D eigenvalue weighted by Crippen LogP contribution is -2.48. The summed E-state index contributed by atoms with van der Waals surface area (Å²) < 4.78 is 43.9. The number of esters is 6. The molecule has 21 heteroatoms. The second kappa shape index (κ2) is 27.8. The Balaban J connectivity index is 1.47. The first kappa shape index (κ1) is 57.2. The monoisotopic (exact) mass is 1010 g/mol. The summed E-state index contributed by atoms with van der Waals surface area (Å²) >= 11 is 0. The van der Waals surface area contributed by atoms with Crippen LogP contribution in [0.2, 0.25) is 0 Å². The third kappa shape index (κ3) is 16.9. The van der Waals surface area contributed by atoms with Crippen LogP contribution in [0.4, 0.5) is 17.1 Å². The van der Waals surface area contributed by atoms with Gasteiger partial charge in [-0.05, 0) is 56.9 Å². The van der Waals surface area contributed by atoms with E-state index in [1.54, 1.807) is 7.11 Å². The largest absolute Gasteiger partial charge is 0.496 e. The molecule has 0 saturated carbocycles. The molecule has 1 amide bonds. The fourth-order valence-electron chi connectivity index (χ4n) is 7.68. The average molecular weight is 1010 g/mol. The van der Waals surface area contributed by atoms with Crippen LogP contribution >= 0.6 is 0 Å². The van der Waals surface area contributed by atoms with Gasteiger partial charge in [0.25, 0.3) is 0 Å². The van der Waals surface area contributed by atoms with E-state index in [2.05, 4.69) is 67.9 Å². The van der Waals surface area contributed by atoms with Crippen LogP contribution in [0.15, 0.2) is 52.9 Å². The molecule has 0 aromatic heterocycles. The summed E-state index contributed by atoms with van der Waals surface area (Å²) in [6.07, 6.45) is 1.44. The van der Waals surface area contributed by atoms with Crippen LogP contribution < -0.4 is 34.7 Å². The highest BCUT2D eigenvalue weighted by molar-refractivity contribution is 6.05. The normalized spacial score (nSPS) is 11.3. The van der Waals surface area contributed by atoms with Crippen LogP contribution in [0.1, 0.15) is 59.8 Å². The molecular weight excluding hydrogens is 937 g/mol.